The van der Waals surface area contributed by atoms with Crippen LogP contribution in [0.2, 0.25) is 0 Å². The minimum atomic E-state index is -0.864. The van der Waals surface area contributed by atoms with Gasteiger partial charge in [-0.1, -0.05) is 30.3 Å². The second-order valence-electron chi connectivity index (χ2n) is 5.63. The Kier molecular flexibility index (Phi) is 5.55. The highest BCUT2D eigenvalue weighted by atomic mass is 32.2. The van der Waals surface area contributed by atoms with Gasteiger partial charge in [0.1, 0.15) is 22.5 Å². The van der Waals surface area contributed by atoms with Crippen LogP contribution in [0.15, 0.2) is 36.4 Å². The van der Waals surface area contributed by atoms with Crippen molar-refractivity contribution in [2.24, 2.45) is 0 Å². The molecule has 0 bridgehead atoms. The van der Waals surface area contributed by atoms with E-state index in [1.165, 1.54) is 0 Å². The fourth-order valence-electron chi connectivity index (χ4n) is 2.54. The normalized spacial score (nSPS) is 12.2. The first-order valence-corrected chi connectivity index (χ1v) is 10.1. The predicted molar refractivity (Wildman–Crippen MR) is 106 cm³/mol. The molecule has 0 amide bonds. The molecule has 0 aliphatic carbocycles. The van der Waals surface area contributed by atoms with Crippen LogP contribution in [-0.4, -0.2) is 39.1 Å². The van der Waals surface area contributed by atoms with E-state index in [0.717, 1.165) is 26.4 Å². The van der Waals surface area contributed by atoms with E-state index in [4.69, 9.17) is 0 Å². The van der Waals surface area contributed by atoms with Crippen molar-refractivity contribution in [2.75, 3.05) is 17.3 Å². The van der Waals surface area contributed by atoms with Crippen LogP contribution in [0.1, 0.15) is 12.2 Å². The topological polar surface area (TPSA) is 75.1 Å². The number of carboxylic acid groups (broad SMARTS) is 1. The minimum Gasteiger partial charge on any atom is -0.480 e. The summed E-state index contributed by atoms with van der Waals surface area (Å²) in [5.74, 6) is 1.13. The van der Waals surface area contributed by atoms with Gasteiger partial charge in [-0.3, -0.25) is 0 Å². The summed E-state index contributed by atoms with van der Waals surface area (Å²) < 4.78 is 0. The van der Waals surface area contributed by atoms with Crippen molar-refractivity contribution in [3.8, 4) is 10.4 Å². The van der Waals surface area contributed by atoms with Crippen LogP contribution in [0.5, 0.6) is 0 Å². The number of thioether (sulfide) groups is 1. The van der Waals surface area contributed by atoms with Gasteiger partial charge in [-0.25, -0.2) is 14.8 Å². The number of carboxylic acids is 1. The number of aliphatic carboxylic acids is 1. The fourth-order valence-corrected chi connectivity index (χ4v) is 4.09. The van der Waals surface area contributed by atoms with Gasteiger partial charge in [0.2, 0.25) is 0 Å². The first-order chi connectivity index (χ1) is 12.1. The van der Waals surface area contributed by atoms with Crippen molar-refractivity contribution in [1.29, 1.82) is 0 Å². The summed E-state index contributed by atoms with van der Waals surface area (Å²) in [4.78, 5) is 22.5. The number of hydrogen-bond donors (Lipinski definition) is 2. The van der Waals surface area contributed by atoms with Crippen molar-refractivity contribution in [1.82, 2.24) is 9.97 Å². The zero-order valence-corrected chi connectivity index (χ0v) is 15.7. The highest BCUT2D eigenvalue weighted by molar-refractivity contribution is 7.98. The molecule has 1 unspecified atom stereocenters. The molecule has 130 valence electrons. The number of rotatable bonds is 7. The maximum Gasteiger partial charge on any atom is 0.326 e. The van der Waals surface area contributed by atoms with Crippen molar-refractivity contribution >= 4 is 45.1 Å². The van der Waals surface area contributed by atoms with Gasteiger partial charge < -0.3 is 10.4 Å². The second-order valence-corrected chi connectivity index (χ2v) is 7.65. The van der Waals surface area contributed by atoms with Crippen LogP contribution in [0, 0.1) is 6.92 Å². The van der Waals surface area contributed by atoms with Crippen molar-refractivity contribution < 1.29 is 9.90 Å². The molecule has 0 aliphatic rings. The van der Waals surface area contributed by atoms with E-state index in [-0.39, 0.29) is 0 Å². The molecule has 2 N–H and O–H groups in total. The van der Waals surface area contributed by atoms with E-state index in [0.29, 0.717) is 18.1 Å². The molecule has 1 atom stereocenters. The second kappa shape index (κ2) is 7.84. The number of aryl methyl sites for hydroxylation is 1. The van der Waals surface area contributed by atoms with Crippen LogP contribution in [0.4, 0.5) is 5.82 Å². The first kappa shape index (κ1) is 17.7. The molecule has 0 saturated carbocycles. The lowest BCUT2D eigenvalue weighted by Crippen LogP contribution is -2.30. The summed E-state index contributed by atoms with van der Waals surface area (Å²) in [5, 5.41) is 13.4. The Morgan fingerprint density at radius 1 is 1.32 bits per heavy atom. The van der Waals surface area contributed by atoms with Crippen LogP contribution < -0.4 is 5.32 Å². The Balaban J connectivity index is 1.99. The number of carbonyl (C=O) groups is 1. The molecule has 1 aromatic carbocycles. The third-order valence-corrected chi connectivity index (χ3v) is 5.50. The highest BCUT2D eigenvalue weighted by Crippen LogP contribution is 2.35. The molecule has 5 nitrogen and oxygen atoms in total. The van der Waals surface area contributed by atoms with E-state index >= 15 is 0 Å². The SMILES string of the molecule is CSCCC(Nc1nc(C)nc2sc(-c3ccccc3)cc12)C(=O)O. The van der Waals surface area contributed by atoms with Crippen LogP contribution in [0.3, 0.4) is 0 Å². The smallest absolute Gasteiger partial charge is 0.326 e. The lowest BCUT2D eigenvalue weighted by molar-refractivity contribution is -0.137. The Hall–Kier alpha value is -2.12. The highest BCUT2D eigenvalue weighted by Gasteiger charge is 2.20. The molecular formula is C18H19N3O2S2. The number of thiophene rings is 1. The number of fused-ring (bicyclic) bond motifs is 1. The van der Waals surface area contributed by atoms with Crippen LogP contribution in [-0.2, 0) is 4.79 Å². The van der Waals surface area contributed by atoms with Gasteiger partial charge >= 0.3 is 5.97 Å². The largest absolute Gasteiger partial charge is 0.480 e. The molecule has 2 aromatic heterocycles. The predicted octanol–water partition coefficient (Wildman–Crippen LogP) is 4.28. The van der Waals surface area contributed by atoms with E-state index in [9.17, 15) is 9.90 Å². The molecule has 0 radical (unpaired) electrons. The van der Waals surface area contributed by atoms with Gasteiger partial charge in [-0.2, -0.15) is 11.8 Å². The van der Waals surface area contributed by atoms with Crippen molar-refractivity contribution in [2.45, 2.75) is 19.4 Å². The van der Waals surface area contributed by atoms with Gasteiger partial charge in [0.05, 0.1) is 5.39 Å². The summed E-state index contributed by atoms with van der Waals surface area (Å²) in [5.41, 5.74) is 1.12. The first-order valence-electron chi connectivity index (χ1n) is 7.90. The maximum absolute atomic E-state index is 11.5. The minimum absolute atomic E-state index is 0.538. The molecule has 7 heteroatoms. The van der Waals surface area contributed by atoms with Gasteiger partial charge in [0.25, 0.3) is 0 Å². The van der Waals surface area contributed by atoms with E-state index in [1.807, 2.05) is 37.4 Å². The molecule has 0 fully saturated rings. The van der Waals surface area contributed by atoms with Gasteiger partial charge in [0.15, 0.2) is 0 Å². The van der Waals surface area contributed by atoms with Gasteiger partial charge in [-0.05, 0) is 37.0 Å². The standard InChI is InChI=1S/C18H19N3O2S2/c1-11-19-16(21-14(18(22)23)8-9-24-2)13-10-15(25-17(13)20-11)12-6-4-3-5-7-12/h3-7,10,14H,8-9H2,1-2H3,(H,22,23)(H,19,20,21). The average Bonchev–Trinajstić information content (AvgIpc) is 3.03. The number of aromatic nitrogens is 2. The quantitative estimate of drug-likeness (QED) is 0.644. The van der Waals surface area contributed by atoms with Gasteiger partial charge in [-0.15, -0.1) is 11.3 Å². The Morgan fingerprint density at radius 3 is 2.76 bits per heavy atom. The number of hydrogen-bond acceptors (Lipinski definition) is 6. The van der Waals surface area contributed by atoms with Gasteiger partial charge in [0, 0.05) is 4.88 Å². The fraction of sp³-hybridized carbons (Fsp3) is 0.278. The zero-order chi connectivity index (χ0) is 17.8. The van der Waals surface area contributed by atoms with E-state index < -0.39 is 12.0 Å². The number of anilines is 1. The van der Waals surface area contributed by atoms with E-state index in [2.05, 4.69) is 27.4 Å². The monoisotopic (exact) mass is 373 g/mol. The Labute approximate surface area is 154 Å². The lowest BCUT2D eigenvalue weighted by Gasteiger charge is -2.15. The summed E-state index contributed by atoms with van der Waals surface area (Å²) in [6.45, 7) is 1.82. The zero-order valence-electron chi connectivity index (χ0n) is 14.0. The number of nitrogens with one attached hydrogen (secondary N) is 1. The molecule has 0 saturated heterocycles. The molecule has 0 aliphatic heterocycles. The summed E-state index contributed by atoms with van der Waals surface area (Å²) >= 11 is 3.22. The summed E-state index contributed by atoms with van der Waals surface area (Å²) in [6, 6.07) is 11.5. The van der Waals surface area contributed by atoms with Crippen molar-refractivity contribution in [3.63, 3.8) is 0 Å². The third kappa shape index (κ3) is 4.11. The molecule has 25 heavy (non-hydrogen) atoms. The van der Waals surface area contributed by atoms with E-state index in [1.54, 1.807) is 23.1 Å². The molecule has 2 heterocycles. The molecule has 0 spiro atoms. The molecule has 3 aromatic rings. The summed E-state index contributed by atoms with van der Waals surface area (Å²) in [6.07, 6.45) is 2.51. The Morgan fingerprint density at radius 2 is 2.08 bits per heavy atom. The van der Waals surface area contributed by atoms with Crippen molar-refractivity contribution in [3.05, 3.63) is 42.2 Å². The number of benzene rings is 1. The third-order valence-electron chi connectivity index (χ3n) is 3.78. The Bertz CT molecular complexity index is 881. The molecule has 3 rings (SSSR count). The van der Waals surface area contributed by atoms with Crippen LogP contribution in [0.25, 0.3) is 20.7 Å². The summed E-state index contributed by atoms with van der Waals surface area (Å²) in [7, 11) is 0. The number of nitrogens with zero attached hydrogens (tertiary/aromatic N) is 2. The molecular weight excluding hydrogens is 354 g/mol. The van der Waals surface area contributed by atoms with Crippen LogP contribution >= 0.6 is 23.1 Å². The lowest BCUT2D eigenvalue weighted by atomic mass is 10.2. The average molecular weight is 374 g/mol. The maximum atomic E-state index is 11.5.